The predicted molar refractivity (Wildman–Crippen MR) is 416 cm³/mol. The van der Waals surface area contributed by atoms with E-state index in [4.69, 9.17) is 60.0 Å². The van der Waals surface area contributed by atoms with Crippen LogP contribution in [0, 0.1) is 0 Å². The summed E-state index contributed by atoms with van der Waals surface area (Å²) in [5.41, 5.74) is 24.0. The van der Waals surface area contributed by atoms with Gasteiger partial charge in [0, 0.05) is 149 Å². The third kappa shape index (κ3) is 20.8. The SMILES string of the molecule is CCN(CC)c1ccc2cc(-c3nc4ccccc4[nH]3)c(=O)oc2c1.CCN(CC)c1ccc2cc(C(=O)Cl)c(=O)oc2c1.CCN(CC)c1ccc2cc(C(=O)N(C)c3ccccc3N)c(=O)oc2c1.CCN(CC)c1ccc2cc(C(=O)O)c(=O)oc2c1.Nc1ccccc1N.O=S(=O)(Cl)Cl. The zero-order valence-corrected chi connectivity index (χ0v) is 61.1. The lowest BCUT2D eigenvalue weighted by Crippen LogP contribution is -2.31. The normalized spacial score (nSPS) is 10.8. The van der Waals surface area contributed by atoms with E-state index in [1.807, 2.05) is 105 Å². The van der Waals surface area contributed by atoms with Crippen molar-refractivity contribution >= 4 is 159 Å². The van der Waals surface area contributed by atoms with Gasteiger partial charge in [-0.25, -0.2) is 29.0 Å². The van der Waals surface area contributed by atoms with Gasteiger partial charge in [0.05, 0.1) is 33.8 Å². The molecule has 0 aliphatic rings. The van der Waals surface area contributed by atoms with Crippen molar-refractivity contribution in [2.75, 3.05) is 101 Å². The van der Waals surface area contributed by atoms with Crippen molar-refractivity contribution in [3.8, 4) is 11.4 Å². The standard InChI is InChI=1S/C21H23N3O3.C20H19N3O2.C14H14ClNO3.C14H15NO4.C6H8N2.Cl2O2S/c1-4-24(5-2)15-11-10-14-12-16(21(26)27-19(14)13-15)20(25)23(3)18-9-7-6-8-17(18)22;1-3-23(4-2)14-10-9-13-11-15(20(24)25-18(13)12-14)19-21-16-7-5-6-8-17(16)22-19;1-3-16(4-2)10-6-5-9-7-11(13(15)17)14(18)19-12(9)8-10;1-3-15(4-2)10-6-5-9-7-11(13(16)17)14(18)19-12(9)8-10;7-5-3-1-2-4-6(5)8;1-5(2,3)4/h6-13H,4-5,22H2,1-3H3;5-12H,3-4H2,1-2H3,(H,21,22);5-8H,3-4H2,1-2H3;5-8H,3-4H2,1-2H3,(H,16,17);1-4H,7-8H2;. The molecule has 540 valence electrons. The quantitative estimate of drug-likeness (QED) is 0.0321. The number of amides is 1. The minimum Gasteiger partial charge on any atom is -0.477 e. The highest BCUT2D eigenvalue weighted by Crippen LogP contribution is 2.29. The molecule has 0 spiro atoms. The van der Waals surface area contributed by atoms with Gasteiger partial charge in [-0.3, -0.25) is 9.59 Å². The number of carboxylic acids is 1. The number of hydrogen-bond donors (Lipinski definition) is 5. The number of hydrogen-bond acceptors (Lipinski definition) is 21. The molecule has 0 aliphatic carbocycles. The summed E-state index contributed by atoms with van der Waals surface area (Å²) in [5.74, 6) is -1.20. The number of rotatable bonds is 17. The van der Waals surface area contributed by atoms with Crippen LogP contribution >= 0.6 is 33.0 Å². The molecule has 103 heavy (non-hydrogen) atoms. The number of fused-ring (bicyclic) bond motifs is 5. The summed E-state index contributed by atoms with van der Waals surface area (Å²) in [4.78, 5) is 101. The second kappa shape index (κ2) is 36.5. The molecule has 0 saturated heterocycles. The predicted octanol–water partition coefficient (Wildman–Crippen LogP) is 14.6. The monoisotopic (exact) mass is 1480 g/mol. The van der Waals surface area contributed by atoms with Gasteiger partial charge in [-0.05, 0) is 176 Å². The second-order valence-corrected chi connectivity index (χ2v) is 26.5. The van der Waals surface area contributed by atoms with E-state index in [-0.39, 0.29) is 22.3 Å². The van der Waals surface area contributed by atoms with Crippen molar-refractivity contribution in [2.24, 2.45) is 0 Å². The first-order valence-electron chi connectivity index (χ1n) is 32.6. The highest BCUT2D eigenvalue weighted by molar-refractivity contribution is 8.31. The number of carbonyl (C=O) groups excluding carboxylic acids is 2. The Morgan fingerprint density at radius 3 is 1.16 bits per heavy atom. The van der Waals surface area contributed by atoms with Crippen LogP contribution in [-0.4, -0.2) is 100 Å². The van der Waals surface area contributed by atoms with E-state index < -0.39 is 42.3 Å². The zero-order valence-electron chi connectivity index (χ0n) is 58.0. The highest BCUT2D eigenvalue weighted by Gasteiger charge is 2.22. The first kappa shape index (κ1) is 79.2. The fraction of sp³-hybridized carbons (Fsp3) is 0.227. The van der Waals surface area contributed by atoms with Crippen LogP contribution in [0.4, 0.5) is 45.5 Å². The molecule has 1 amide bonds. The Labute approximate surface area is 606 Å². The number of H-pyrrole nitrogens is 1. The number of para-hydroxylation sites is 6. The molecule has 0 saturated carbocycles. The number of carboxylic acid groups (broad SMARTS) is 1. The van der Waals surface area contributed by atoms with Crippen LogP contribution in [0.3, 0.4) is 0 Å². The van der Waals surface area contributed by atoms with E-state index >= 15 is 0 Å². The summed E-state index contributed by atoms with van der Waals surface area (Å²) in [7, 11) is 6.40. The van der Waals surface area contributed by atoms with Crippen molar-refractivity contribution in [3.63, 3.8) is 0 Å². The Morgan fingerprint density at radius 2 is 0.786 bits per heavy atom. The summed E-state index contributed by atoms with van der Waals surface area (Å²) in [6.07, 6.45) is 0. The van der Waals surface area contributed by atoms with Crippen molar-refractivity contribution < 1.29 is 45.6 Å². The Hall–Kier alpha value is -11.1. The van der Waals surface area contributed by atoms with Crippen LogP contribution in [0.25, 0.3) is 66.3 Å². The lowest BCUT2D eigenvalue weighted by molar-refractivity contribution is 0.0692. The number of halogens is 3. The van der Waals surface area contributed by atoms with Gasteiger partial charge in [0.15, 0.2) is 0 Å². The number of aromatic carboxylic acids is 1. The largest absolute Gasteiger partial charge is 0.477 e. The number of nitrogens with one attached hydrogen (secondary N) is 1. The molecule has 0 aliphatic heterocycles. The second-order valence-electron chi connectivity index (χ2n) is 22.5. The van der Waals surface area contributed by atoms with Crippen LogP contribution in [0.2, 0.25) is 0 Å². The maximum absolute atomic E-state index is 12.8. The number of carbonyl (C=O) groups is 3. The van der Waals surface area contributed by atoms with Gasteiger partial charge in [0.1, 0.15) is 50.4 Å². The van der Waals surface area contributed by atoms with Gasteiger partial charge in [-0.2, -0.15) is 8.42 Å². The summed E-state index contributed by atoms with van der Waals surface area (Å²) in [6.45, 7) is 23.5. The molecular formula is C75H79Cl3N10O14S. The molecule has 8 N–H and O–H groups in total. The Bertz CT molecular complexity index is 5180. The van der Waals surface area contributed by atoms with Crippen LogP contribution in [0.5, 0.6) is 0 Å². The summed E-state index contributed by atoms with van der Waals surface area (Å²) < 4.78 is 39.6. The van der Waals surface area contributed by atoms with Gasteiger partial charge in [0.25, 0.3) is 11.1 Å². The minimum atomic E-state index is -3.72. The number of nitrogen functional groups attached to an aromatic ring is 3. The number of aromatic amines is 1. The molecule has 0 atom stereocenters. The van der Waals surface area contributed by atoms with Crippen LogP contribution < -0.4 is 64.2 Å². The molecule has 28 heteroatoms. The van der Waals surface area contributed by atoms with E-state index in [0.29, 0.717) is 72.6 Å². The zero-order chi connectivity index (χ0) is 75.4. The Kier molecular flexibility index (Phi) is 28.0. The molecule has 7 aromatic carbocycles. The lowest BCUT2D eigenvalue weighted by atomic mass is 10.1. The van der Waals surface area contributed by atoms with Gasteiger partial charge >= 0.3 is 36.7 Å². The number of benzene rings is 7. The van der Waals surface area contributed by atoms with Crippen molar-refractivity contribution in [1.82, 2.24) is 9.97 Å². The highest BCUT2D eigenvalue weighted by atomic mass is 36.0. The minimum absolute atomic E-state index is 0.0242. The van der Waals surface area contributed by atoms with Gasteiger partial charge in [-0.15, -0.1) is 0 Å². The van der Waals surface area contributed by atoms with Gasteiger partial charge < -0.3 is 69.5 Å². The van der Waals surface area contributed by atoms with E-state index in [2.05, 4.69) is 98.5 Å². The molecule has 12 rings (SSSR count). The van der Waals surface area contributed by atoms with Gasteiger partial charge in [-0.1, -0.05) is 36.4 Å². The first-order valence-corrected chi connectivity index (χ1v) is 36.2. The summed E-state index contributed by atoms with van der Waals surface area (Å²) in [5, 5.41) is 10.9. The molecule has 0 bridgehead atoms. The molecule has 0 fully saturated rings. The third-order valence-electron chi connectivity index (χ3n) is 16.3. The maximum Gasteiger partial charge on any atom is 0.351 e. The number of aromatic nitrogens is 2. The third-order valence-corrected chi connectivity index (χ3v) is 16.5. The number of imidazole rings is 1. The maximum atomic E-state index is 12.8. The van der Waals surface area contributed by atoms with E-state index in [1.165, 1.54) is 17.0 Å². The van der Waals surface area contributed by atoms with Gasteiger partial charge in [0.2, 0.25) is 0 Å². The topological polar surface area (TPSA) is 349 Å². The molecule has 24 nitrogen and oxygen atoms in total. The Morgan fingerprint density at radius 1 is 0.456 bits per heavy atom. The van der Waals surface area contributed by atoms with Crippen LogP contribution in [-0.2, 0) is 8.26 Å². The molecule has 12 aromatic rings. The molecule has 5 aromatic heterocycles. The fourth-order valence-corrected chi connectivity index (χ4v) is 10.9. The van der Waals surface area contributed by atoms with Crippen molar-refractivity contribution in [3.05, 3.63) is 228 Å². The molecule has 0 radical (unpaired) electrons. The fourth-order valence-electron chi connectivity index (χ4n) is 10.8. The van der Waals surface area contributed by atoms with E-state index in [1.54, 1.807) is 67.7 Å². The van der Waals surface area contributed by atoms with Crippen LogP contribution in [0.1, 0.15) is 86.5 Å². The average molecular weight is 1480 g/mol. The summed E-state index contributed by atoms with van der Waals surface area (Å²) >= 11 is 5.33. The number of nitrogens with zero attached hydrogens (tertiary/aromatic N) is 6. The molecule has 5 heterocycles. The van der Waals surface area contributed by atoms with Crippen molar-refractivity contribution in [2.45, 2.75) is 55.4 Å². The average Bonchev–Trinajstić information content (AvgIpc) is 1.63. The molecular weight excluding hydrogens is 1400 g/mol. The smallest absolute Gasteiger partial charge is 0.351 e. The van der Waals surface area contributed by atoms with Crippen LogP contribution in [0.15, 0.2) is 207 Å². The van der Waals surface area contributed by atoms with E-state index in [9.17, 15) is 33.6 Å². The number of nitrogens with two attached hydrogens (primary N) is 3. The first-order chi connectivity index (χ1) is 49.1. The van der Waals surface area contributed by atoms with Crippen molar-refractivity contribution in [1.29, 1.82) is 0 Å². The molecule has 0 unspecified atom stereocenters. The lowest BCUT2D eigenvalue weighted by Gasteiger charge is -2.21. The summed E-state index contributed by atoms with van der Waals surface area (Å²) in [6, 6.07) is 50.7. The Balaban J connectivity index is 0.000000183. The van der Waals surface area contributed by atoms with E-state index in [0.717, 1.165) is 91.5 Å². The number of anilines is 8.